The van der Waals surface area contributed by atoms with E-state index in [9.17, 15) is 10.2 Å². The van der Waals surface area contributed by atoms with Crippen molar-refractivity contribution in [3.63, 3.8) is 0 Å². The number of imidazole rings is 1. The van der Waals surface area contributed by atoms with E-state index in [-0.39, 0.29) is 0 Å². The fraction of sp³-hybridized carbons (Fsp3) is 0.375. The molecule has 0 unspecified atom stereocenters. The summed E-state index contributed by atoms with van der Waals surface area (Å²) in [6, 6.07) is 16.2. The van der Waals surface area contributed by atoms with Crippen LogP contribution in [0.4, 0.5) is 0 Å². The van der Waals surface area contributed by atoms with Crippen LogP contribution in [0.1, 0.15) is 24.5 Å². The second kappa shape index (κ2) is 7.54. The van der Waals surface area contributed by atoms with E-state index in [0.717, 1.165) is 40.6 Å². The zero-order valence-corrected chi connectivity index (χ0v) is 17.3. The summed E-state index contributed by atoms with van der Waals surface area (Å²) in [4.78, 5) is 6.69. The summed E-state index contributed by atoms with van der Waals surface area (Å²) in [5.74, 6) is 0. The molecule has 2 aromatic carbocycles. The Morgan fingerprint density at radius 3 is 2.53 bits per heavy atom. The van der Waals surface area contributed by atoms with Gasteiger partial charge in [-0.15, -0.1) is 0 Å². The maximum absolute atomic E-state index is 11.2. The summed E-state index contributed by atoms with van der Waals surface area (Å²) in [6.45, 7) is 2.67. The second-order valence-electron chi connectivity index (χ2n) is 8.61. The van der Waals surface area contributed by atoms with E-state index >= 15 is 0 Å². The minimum absolute atomic E-state index is 0.542. The smallest absolute Gasteiger partial charge is 0.0959 e. The Hall–Kier alpha value is -2.67. The Labute approximate surface area is 176 Å². The Balaban J connectivity index is 1.24. The van der Waals surface area contributed by atoms with Crippen molar-refractivity contribution in [1.29, 1.82) is 0 Å². The van der Waals surface area contributed by atoms with E-state index in [1.807, 2.05) is 56.0 Å². The van der Waals surface area contributed by atoms with Crippen molar-refractivity contribution in [2.75, 3.05) is 19.6 Å². The molecule has 1 fully saturated rings. The molecule has 0 bridgehead atoms. The zero-order chi connectivity index (χ0) is 20.7. The van der Waals surface area contributed by atoms with Crippen LogP contribution in [0.15, 0.2) is 61.1 Å². The summed E-state index contributed by atoms with van der Waals surface area (Å²) >= 11 is 0. The van der Waals surface area contributed by atoms with Crippen LogP contribution in [-0.4, -0.2) is 54.5 Å². The summed E-state index contributed by atoms with van der Waals surface area (Å²) < 4.78 is 4.12. The molecule has 1 aliphatic rings. The molecule has 5 rings (SSSR count). The monoisotopic (exact) mass is 404 g/mol. The van der Waals surface area contributed by atoms with E-state index in [1.54, 1.807) is 0 Å². The molecule has 4 aromatic rings. The molecule has 6 heteroatoms. The predicted octanol–water partition coefficient (Wildman–Crippen LogP) is 3.09. The Morgan fingerprint density at radius 1 is 1.03 bits per heavy atom. The van der Waals surface area contributed by atoms with Gasteiger partial charge in [0.15, 0.2) is 0 Å². The normalized spacial score (nSPS) is 18.2. The molecule has 1 aliphatic heterocycles. The van der Waals surface area contributed by atoms with Crippen LogP contribution in [-0.2, 0) is 13.6 Å². The lowest BCUT2D eigenvalue weighted by Crippen LogP contribution is -2.47. The lowest BCUT2D eigenvalue weighted by Gasteiger charge is -2.39. The number of β-amino-alcohol motifs (C(OH)–C–C–N with tert-alkyl or cyclic N) is 1. The minimum Gasteiger partial charge on any atom is -0.388 e. The van der Waals surface area contributed by atoms with Gasteiger partial charge in [0.05, 0.1) is 35.6 Å². The highest BCUT2D eigenvalue weighted by atomic mass is 16.3. The van der Waals surface area contributed by atoms with Gasteiger partial charge in [0, 0.05) is 49.3 Å². The van der Waals surface area contributed by atoms with Gasteiger partial charge in [-0.05, 0) is 31.0 Å². The van der Waals surface area contributed by atoms with Gasteiger partial charge in [0.25, 0.3) is 0 Å². The number of para-hydroxylation sites is 3. The first-order valence-electron chi connectivity index (χ1n) is 10.6. The number of aliphatic hydroxyl groups is 2. The highest BCUT2D eigenvalue weighted by Gasteiger charge is 2.34. The lowest BCUT2D eigenvalue weighted by molar-refractivity contribution is -0.0407. The molecule has 0 radical (unpaired) electrons. The first-order valence-corrected chi connectivity index (χ1v) is 10.6. The van der Waals surface area contributed by atoms with Crippen molar-refractivity contribution in [1.82, 2.24) is 19.0 Å². The third-order valence-electron chi connectivity index (χ3n) is 6.50. The zero-order valence-electron chi connectivity index (χ0n) is 17.3. The second-order valence-corrected chi connectivity index (χ2v) is 8.61. The molecule has 0 saturated carbocycles. The molecule has 0 aliphatic carbocycles. The molecule has 6 nitrogen and oxygen atoms in total. The molecular formula is C24H28N4O2. The van der Waals surface area contributed by atoms with Gasteiger partial charge in [-0.3, -0.25) is 0 Å². The molecule has 2 N–H and O–H groups in total. The van der Waals surface area contributed by atoms with Gasteiger partial charge in [0.1, 0.15) is 0 Å². The average Bonchev–Trinajstić information content (AvgIpc) is 3.31. The van der Waals surface area contributed by atoms with Crippen LogP contribution < -0.4 is 0 Å². The third-order valence-corrected chi connectivity index (χ3v) is 6.50. The van der Waals surface area contributed by atoms with E-state index in [2.05, 4.69) is 31.2 Å². The maximum Gasteiger partial charge on any atom is 0.0959 e. The number of hydrogen-bond acceptors (Lipinski definition) is 4. The van der Waals surface area contributed by atoms with Crippen LogP contribution in [0.25, 0.3) is 21.9 Å². The SMILES string of the molecule is Cn1cc([C@H](O)CN2CCC(O)(Cn3cnc4ccccc43)CC2)c2ccccc21. The molecular weight excluding hydrogens is 376 g/mol. The summed E-state index contributed by atoms with van der Waals surface area (Å²) in [5, 5.41) is 23.2. The standard InChI is InChI=1S/C24H28N4O2/c1-26-14-19(18-6-2-4-8-21(18)26)23(29)15-27-12-10-24(30,11-13-27)16-28-17-25-20-7-3-5-9-22(20)28/h2-9,14,17,23,29-30H,10-13,15-16H2,1H3/t23-/m1/s1. The molecule has 1 atom stereocenters. The van der Waals surface area contributed by atoms with Crippen molar-refractivity contribution in [2.45, 2.75) is 31.1 Å². The average molecular weight is 405 g/mol. The van der Waals surface area contributed by atoms with Gasteiger partial charge in [-0.1, -0.05) is 30.3 Å². The predicted molar refractivity (Wildman–Crippen MR) is 118 cm³/mol. The van der Waals surface area contributed by atoms with Gasteiger partial charge in [-0.2, -0.15) is 0 Å². The highest BCUT2D eigenvalue weighted by Crippen LogP contribution is 2.30. The van der Waals surface area contributed by atoms with Crippen molar-refractivity contribution < 1.29 is 10.2 Å². The molecule has 3 heterocycles. The third kappa shape index (κ3) is 3.51. The summed E-state index contributed by atoms with van der Waals surface area (Å²) in [5.41, 5.74) is 3.37. The minimum atomic E-state index is -0.746. The molecule has 2 aromatic heterocycles. The van der Waals surface area contributed by atoms with E-state index < -0.39 is 11.7 Å². The molecule has 156 valence electrons. The van der Waals surface area contributed by atoms with Crippen molar-refractivity contribution in [3.05, 3.63) is 66.6 Å². The fourth-order valence-corrected chi connectivity index (χ4v) is 4.74. The van der Waals surface area contributed by atoms with Crippen molar-refractivity contribution in [2.24, 2.45) is 7.05 Å². The number of benzene rings is 2. The topological polar surface area (TPSA) is 66.4 Å². The van der Waals surface area contributed by atoms with Gasteiger partial charge in [-0.25, -0.2) is 4.98 Å². The maximum atomic E-state index is 11.2. The number of nitrogens with zero attached hydrogens (tertiary/aromatic N) is 4. The Morgan fingerprint density at radius 2 is 1.73 bits per heavy atom. The van der Waals surface area contributed by atoms with Crippen molar-refractivity contribution >= 4 is 21.9 Å². The van der Waals surface area contributed by atoms with Gasteiger partial charge >= 0.3 is 0 Å². The molecule has 30 heavy (non-hydrogen) atoms. The van der Waals surface area contributed by atoms with E-state index in [1.165, 1.54) is 0 Å². The van der Waals surface area contributed by atoms with Crippen LogP contribution in [0, 0.1) is 0 Å². The number of rotatable bonds is 5. The largest absolute Gasteiger partial charge is 0.388 e. The number of hydrogen-bond donors (Lipinski definition) is 2. The fourth-order valence-electron chi connectivity index (χ4n) is 4.74. The highest BCUT2D eigenvalue weighted by molar-refractivity contribution is 5.84. The Bertz CT molecular complexity index is 1170. The first-order chi connectivity index (χ1) is 14.5. The molecule has 0 spiro atoms. The number of fused-ring (bicyclic) bond motifs is 2. The van der Waals surface area contributed by atoms with Crippen LogP contribution in [0.3, 0.4) is 0 Å². The van der Waals surface area contributed by atoms with Gasteiger partial charge in [0.2, 0.25) is 0 Å². The van der Waals surface area contributed by atoms with E-state index in [0.29, 0.717) is 25.9 Å². The van der Waals surface area contributed by atoms with Crippen LogP contribution in [0.2, 0.25) is 0 Å². The number of likely N-dealkylation sites (tertiary alicyclic amines) is 1. The van der Waals surface area contributed by atoms with Gasteiger partial charge < -0.3 is 24.2 Å². The number of aryl methyl sites for hydroxylation is 1. The molecule has 1 saturated heterocycles. The summed E-state index contributed by atoms with van der Waals surface area (Å²) in [7, 11) is 2.01. The quantitative estimate of drug-likeness (QED) is 0.537. The van der Waals surface area contributed by atoms with Crippen LogP contribution in [0.5, 0.6) is 0 Å². The number of aliphatic hydroxyl groups excluding tert-OH is 1. The van der Waals surface area contributed by atoms with Crippen LogP contribution >= 0.6 is 0 Å². The lowest BCUT2D eigenvalue weighted by atomic mass is 9.91. The molecule has 0 amide bonds. The Kier molecular flexibility index (Phi) is 4.85. The van der Waals surface area contributed by atoms with Crippen molar-refractivity contribution in [3.8, 4) is 0 Å². The first kappa shape index (κ1) is 19.3. The number of aromatic nitrogens is 3. The van der Waals surface area contributed by atoms with E-state index in [4.69, 9.17) is 0 Å². The summed E-state index contributed by atoms with van der Waals surface area (Å²) in [6.07, 6.45) is 4.67. The number of piperidine rings is 1.